The van der Waals surface area contributed by atoms with E-state index in [1.807, 2.05) is 30.3 Å². The fourth-order valence-corrected chi connectivity index (χ4v) is 5.17. The maximum Gasteiger partial charge on any atom is 0.343 e. The van der Waals surface area contributed by atoms with Gasteiger partial charge in [0.1, 0.15) is 0 Å². The van der Waals surface area contributed by atoms with E-state index in [-0.39, 0.29) is 30.8 Å². The molecule has 2 aromatic rings. The predicted octanol–water partition coefficient (Wildman–Crippen LogP) is 3.78. The van der Waals surface area contributed by atoms with Gasteiger partial charge in [-0.15, -0.1) is 0 Å². The largest absolute Gasteiger partial charge is 0.467 e. The number of alkyl halides is 1. The molecular weight excluding hydrogens is 437 g/mol. The summed E-state index contributed by atoms with van der Waals surface area (Å²) in [6, 6.07) is 14.1. The molecule has 0 aromatic heterocycles. The molecule has 1 aliphatic heterocycles. The Morgan fingerprint density at radius 2 is 1.78 bits per heavy atom. The molecule has 3 rings (SSSR count). The van der Waals surface area contributed by atoms with E-state index in [0.717, 1.165) is 17.1 Å². The minimum Gasteiger partial charge on any atom is -0.467 e. The first-order chi connectivity index (χ1) is 12.8. The second-order valence-electron chi connectivity index (χ2n) is 6.37. The number of hydrogen-bond acceptors (Lipinski definition) is 4. The second kappa shape index (κ2) is 7.69. The Kier molecular flexibility index (Phi) is 5.69. The fraction of sp³-hybridized carbons (Fsp3) is 0.316. The number of halogens is 2. The number of sulfonamides is 1. The number of hydrogen-bond donors (Lipinski definition) is 0. The predicted molar refractivity (Wildman–Crippen MR) is 103 cm³/mol. The van der Waals surface area contributed by atoms with Gasteiger partial charge in [-0.25, -0.2) is 17.6 Å². The van der Waals surface area contributed by atoms with Crippen molar-refractivity contribution in [1.29, 1.82) is 0 Å². The van der Waals surface area contributed by atoms with Gasteiger partial charge in [-0.1, -0.05) is 46.3 Å². The average Bonchev–Trinajstić information content (AvgIpc) is 2.68. The third kappa shape index (κ3) is 3.93. The van der Waals surface area contributed by atoms with Crippen LogP contribution in [0, 0.1) is 0 Å². The SMILES string of the molecule is COC(=O)C1(F)CCN(S(=O)(=O)c2ccc(Br)cc2-c2ccccc2)CC1. The van der Waals surface area contributed by atoms with E-state index in [4.69, 9.17) is 0 Å². The van der Waals surface area contributed by atoms with Gasteiger partial charge in [0.05, 0.1) is 12.0 Å². The minimum absolute atomic E-state index is 0.0851. The van der Waals surface area contributed by atoms with Crippen molar-refractivity contribution in [3.63, 3.8) is 0 Å². The van der Waals surface area contributed by atoms with Gasteiger partial charge in [-0.2, -0.15) is 4.31 Å². The van der Waals surface area contributed by atoms with Crippen LogP contribution in [0.15, 0.2) is 57.9 Å². The van der Waals surface area contributed by atoms with Crippen molar-refractivity contribution < 1.29 is 22.3 Å². The van der Waals surface area contributed by atoms with E-state index in [0.29, 0.717) is 5.56 Å². The molecule has 2 aromatic carbocycles. The standard InChI is InChI=1S/C19H19BrFNO4S/c1-26-18(23)19(21)9-11-22(12-10-19)27(24,25)17-8-7-15(20)13-16(17)14-5-3-2-4-6-14/h2-8,13H,9-12H2,1H3. The summed E-state index contributed by atoms with van der Waals surface area (Å²) in [6.07, 6.45) is -0.452. The van der Waals surface area contributed by atoms with Crippen LogP contribution in [0.5, 0.6) is 0 Å². The number of carbonyl (C=O) groups excluding carboxylic acids is 1. The van der Waals surface area contributed by atoms with Crippen LogP contribution in [-0.4, -0.2) is 44.6 Å². The summed E-state index contributed by atoms with van der Waals surface area (Å²) < 4.78 is 47.5. The highest BCUT2D eigenvalue weighted by atomic mass is 79.9. The van der Waals surface area contributed by atoms with E-state index in [2.05, 4.69) is 20.7 Å². The van der Waals surface area contributed by atoms with Gasteiger partial charge in [0.2, 0.25) is 15.7 Å². The van der Waals surface area contributed by atoms with Crippen molar-refractivity contribution in [3.05, 3.63) is 53.0 Å². The van der Waals surface area contributed by atoms with Gasteiger partial charge in [-0.05, 0) is 23.8 Å². The first kappa shape index (κ1) is 20.0. The molecule has 0 amide bonds. The molecule has 144 valence electrons. The molecule has 0 unspecified atom stereocenters. The maximum atomic E-state index is 14.6. The van der Waals surface area contributed by atoms with Crippen LogP contribution in [0.4, 0.5) is 4.39 Å². The molecule has 1 saturated heterocycles. The van der Waals surface area contributed by atoms with Crippen LogP contribution in [0.2, 0.25) is 0 Å². The molecule has 1 fully saturated rings. The molecule has 0 bridgehead atoms. The summed E-state index contributed by atoms with van der Waals surface area (Å²) >= 11 is 3.39. The molecule has 27 heavy (non-hydrogen) atoms. The van der Waals surface area contributed by atoms with Gasteiger partial charge in [0, 0.05) is 36.0 Å². The second-order valence-corrected chi connectivity index (χ2v) is 9.19. The monoisotopic (exact) mass is 455 g/mol. The van der Waals surface area contributed by atoms with E-state index in [1.54, 1.807) is 18.2 Å². The van der Waals surface area contributed by atoms with E-state index in [1.165, 1.54) is 4.31 Å². The first-order valence-corrected chi connectivity index (χ1v) is 10.6. The summed E-state index contributed by atoms with van der Waals surface area (Å²) in [5.74, 6) is -0.951. The molecule has 0 radical (unpaired) electrons. The van der Waals surface area contributed by atoms with Crippen molar-refractivity contribution in [2.24, 2.45) is 0 Å². The lowest BCUT2D eigenvalue weighted by Gasteiger charge is -2.34. The number of benzene rings is 2. The summed E-state index contributed by atoms with van der Waals surface area (Å²) in [5.41, 5.74) is -0.804. The number of esters is 1. The Balaban J connectivity index is 1.94. The number of nitrogens with zero attached hydrogens (tertiary/aromatic N) is 1. The van der Waals surface area contributed by atoms with Crippen LogP contribution in [0.3, 0.4) is 0 Å². The highest BCUT2D eigenvalue weighted by Gasteiger charge is 2.45. The number of methoxy groups -OCH3 is 1. The van der Waals surface area contributed by atoms with E-state index < -0.39 is 21.7 Å². The molecule has 8 heteroatoms. The Bertz CT molecular complexity index is 941. The fourth-order valence-electron chi connectivity index (χ4n) is 3.18. The van der Waals surface area contributed by atoms with Gasteiger partial charge < -0.3 is 4.74 Å². The lowest BCUT2D eigenvalue weighted by atomic mass is 9.95. The molecule has 0 aliphatic carbocycles. The average molecular weight is 456 g/mol. The lowest BCUT2D eigenvalue weighted by Crippen LogP contribution is -2.48. The zero-order chi connectivity index (χ0) is 19.7. The Hall–Kier alpha value is -1.77. The number of rotatable bonds is 4. The maximum absolute atomic E-state index is 14.6. The number of piperidine rings is 1. The van der Waals surface area contributed by atoms with Crippen molar-refractivity contribution >= 4 is 31.9 Å². The first-order valence-electron chi connectivity index (χ1n) is 8.40. The Morgan fingerprint density at radius 3 is 2.37 bits per heavy atom. The number of carbonyl (C=O) groups is 1. The van der Waals surface area contributed by atoms with Crippen molar-refractivity contribution in [3.8, 4) is 11.1 Å². The van der Waals surface area contributed by atoms with Crippen LogP contribution >= 0.6 is 15.9 Å². The molecule has 0 spiro atoms. The third-order valence-corrected chi connectivity index (χ3v) is 7.16. The molecule has 5 nitrogen and oxygen atoms in total. The van der Waals surface area contributed by atoms with Gasteiger partial charge in [-0.3, -0.25) is 0 Å². The van der Waals surface area contributed by atoms with Crippen molar-refractivity contribution in [2.75, 3.05) is 20.2 Å². The quantitative estimate of drug-likeness (QED) is 0.657. The smallest absolute Gasteiger partial charge is 0.343 e. The Labute approximate surface area is 166 Å². The van der Waals surface area contributed by atoms with Gasteiger partial charge in [0.15, 0.2) is 0 Å². The summed E-state index contributed by atoms with van der Waals surface area (Å²) in [4.78, 5) is 11.8. The molecule has 0 saturated carbocycles. The molecule has 1 aliphatic rings. The molecule has 0 N–H and O–H groups in total. The van der Waals surface area contributed by atoms with E-state index in [9.17, 15) is 17.6 Å². The third-order valence-electron chi connectivity index (χ3n) is 4.71. The number of ether oxygens (including phenoxy) is 1. The Morgan fingerprint density at radius 1 is 1.15 bits per heavy atom. The highest BCUT2D eigenvalue weighted by Crippen LogP contribution is 2.35. The zero-order valence-corrected chi connectivity index (χ0v) is 17.1. The van der Waals surface area contributed by atoms with Gasteiger partial charge >= 0.3 is 5.97 Å². The minimum atomic E-state index is -3.85. The van der Waals surface area contributed by atoms with E-state index >= 15 is 0 Å². The zero-order valence-electron chi connectivity index (χ0n) is 14.7. The molecular formula is C19H19BrFNO4S. The van der Waals surface area contributed by atoms with Crippen molar-refractivity contribution in [1.82, 2.24) is 4.31 Å². The molecule has 0 atom stereocenters. The summed E-state index contributed by atoms with van der Waals surface area (Å²) in [7, 11) is -2.72. The van der Waals surface area contributed by atoms with Crippen LogP contribution in [0.25, 0.3) is 11.1 Å². The normalized spacial score (nSPS) is 17.4. The lowest BCUT2D eigenvalue weighted by molar-refractivity contribution is -0.157. The molecule has 1 heterocycles. The van der Waals surface area contributed by atoms with Crippen LogP contribution in [-0.2, 0) is 19.6 Å². The summed E-state index contributed by atoms with van der Waals surface area (Å²) in [6.45, 7) is -0.170. The van der Waals surface area contributed by atoms with Crippen molar-refractivity contribution in [2.45, 2.75) is 23.4 Å². The van der Waals surface area contributed by atoms with Gasteiger partial charge in [0.25, 0.3) is 0 Å². The van der Waals surface area contributed by atoms with Crippen LogP contribution < -0.4 is 0 Å². The topological polar surface area (TPSA) is 63.7 Å². The van der Waals surface area contributed by atoms with Crippen LogP contribution in [0.1, 0.15) is 12.8 Å². The summed E-state index contributed by atoms with van der Waals surface area (Å²) in [5, 5.41) is 0. The highest BCUT2D eigenvalue weighted by molar-refractivity contribution is 9.10.